The van der Waals surface area contributed by atoms with Gasteiger partial charge in [-0.2, -0.15) is 0 Å². The fourth-order valence-corrected chi connectivity index (χ4v) is 3.42. The predicted molar refractivity (Wildman–Crippen MR) is 103 cm³/mol. The monoisotopic (exact) mass is 383 g/mol. The van der Waals surface area contributed by atoms with Crippen LogP contribution in [0.5, 0.6) is 0 Å². The molecule has 7 heteroatoms. The second-order valence-corrected chi connectivity index (χ2v) is 6.91. The van der Waals surface area contributed by atoms with E-state index in [2.05, 4.69) is 15.3 Å². The lowest BCUT2D eigenvalue weighted by Gasteiger charge is -2.15. The Labute approximate surface area is 158 Å². The van der Waals surface area contributed by atoms with Crippen LogP contribution in [-0.2, 0) is 0 Å². The smallest absolute Gasteiger partial charge is 0.172 e. The van der Waals surface area contributed by atoms with Crippen LogP contribution in [0.2, 0.25) is 0 Å². The van der Waals surface area contributed by atoms with Gasteiger partial charge in [0.1, 0.15) is 5.82 Å². The Kier molecular flexibility index (Phi) is 4.79. The number of fused-ring (bicyclic) bond motifs is 1. The number of rotatable bonds is 5. The summed E-state index contributed by atoms with van der Waals surface area (Å²) in [7, 11) is 0. The van der Waals surface area contributed by atoms with Crippen LogP contribution >= 0.6 is 11.3 Å². The molecule has 136 valence electrons. The van der Waals surface area contributed by atoms with Crippen molar-refractivity contribution in [1.82, 2.24) is 9.97 Å². The van der Waals surface area contributed by atoms with Crippen molar-refractivity contribution in [2.24, 2.45) is 0 Å². The number of thiophene rings is 1. The molecule has 4 rings (SSSR count). The molecule has 0 spiro atoms. The molecule has 2 aromatic carbocycles. The topological polar surface area (TPSA) is 58.0 Å². The summed E-state index contributed by atoms with van der Waals surface area (Å²) in [5, 5.41) is 16.2. The second kappa shape index (κ2) is 7.38. The fourth-order valence-electron chi connectivity index (χ4n) is 2.76. The summed E-state index contributed by atoms with van der Waals surface area (Å²) >= 11 is 1.54. The molecule has 0 bridgehead atoms. The Morgan fingerprint density at radius 2 is 1.85 bits per heavy atom. The van der Waals surface area contributed by atoms with Gasteiger partial charge in [-0.1, -0.05) is 24.3 Å². The average molecular weight is 383 g/mol. The van der Waals surface area contributed by atoms with Crippen LogP contribution in [0.3, 0.4) is 0 Å². The highest BCUT2D eigenvalue weighted by Gasteiger charge is 2.14. The molecular formula is C20H15F2N3OS. The predicted octanol–water partition coefficient (Wildman–Crippen LogP) is 4.78. The molecule has 2 aromatic heterocycles. The second-order valence-electron chi connectivity index (χ2n) is 5.96. The maximum absolute atomic E-state index is 13.4. The largest absolute Gasteiger partial charge is 0.387 e. The summed E-state index contributed by atoms with van der Waals surface area (Å²) in [6.45, 7) is 0.0932. The van der Waals surface area contributed by atoms with E-state index in [-0.39, 0.29) is 6.54 Å². The zero-order chi connectivity index (χ0) is 18.8. The normalized spacial score (nSPS) is 12.3. The van der Waals surface area contributed by atoms with Gasteiger partial charge in [-0.05, 0) is 41.3 Å². The Balaban J connectivity index is 1.63. The maximum Gasteiger partial charge on any atom is 0.172 e. The number of nitrogens with one attached hydrogen (secondary N) is 1. The van der Waals surface area contributed by atoms with E-state index in [0.29, 0.717) is 17.2 Å². The maximum atomic E-state index is 13.4. The molecule has 4 nitrogen and oxygen atoms in total. The van der Waals surface area contributed by atoms with Crippen LogP contribution in [0.25, 0.3) is 21.6 Å². The molecule has 0 aliphatic carbocycles. The summed E-state index contributed by atoms with van der Waals surface area (Å²) in [5.41, 5.74) is 1.07. The lowest BCUT2D eigenvalue weighted by Crippen LogP contribution is -2.14. The molecule has 4 aromatic rings. The van der Waals surface area contributed by atoms with Crippen LogP contribution in [-0.4, -0.2) is 21.6 Å². The van der Waals surface area contributed by atoms with Crippen molar-refractivity contribution in [2.45, 2.75) is 6.10 Å². The first-order chi connectivity index (χ1) is 13.1. The number of hydrogen-bond donors (Lipinski definition) is 2. The molecular weight excluding hydrogens is 368 g/mol. The van der Waals surface area contributed by atoms with Crippen molar-refractivity contribution >= 4 is 28.1 Å². The van der Waals surface area contributed by atoms with Crippen molar-refractivity contribution in [2.75, 3.05) is 11.9 Å². The lowest BCUT2D eigenvalue weighted by atomic mass is 10.1. The third kappa shape index (κ3) is 3.65. The highest BCUT2D eigenvalue weighted by molar-refractivity contribution is 7.13. The van der Waals surface area contributed by atoms with Crippen molar-refractivity contribution in [3.8, 4) is 10.7 Å². The van der Waals surface area contributed by atoms with Gasteiger partial charge in [-0.15, -0.1) is 11.3 Å². The molecule has 0 fully saturated rings. The SMILES string of the molecule is O[C@@H](CNc1nc(-c2cccs2)nc2ccccc12)c1ccc(F)c(F)c1. The van der Waals surface area contributed by atoms with Gasteiger partial charge in [0.15, 0.2) is 17.5 Å². The molecule has 2 N–H and O–H groups in total. The number of aliphatic hydroxyl groups is 1. The number of nitrogens with zero attached hydrogens (tertiary/aromatic N) is 2. The van der Waals surface area contributed by atoms with Crippen molar-refractivity contribution in [3.63, 3.8) is 0 Å². The Hall–Kier alpha value is -2.90. The van der Waals surface area contributed by atoms with Gasteiger partial charge in [0.05, 0.1) is 16.5 Å². The Bertz CT molecular complexity index is 1090. The van der Waals surface area contributed by atoms with E-state index in [1.165, 1.54) is 17.4 Å². The highest BCUT2D eigenvalue weighted by atomic mass is 32.1. The van der Waals surface area contributed by atoms with Crippen molar-refractivity contribution in [1.29, 1.82) is 0 Å². The van der Waals surface area contributed by atoms with Gasteiger partial charge in [0, 0.05) is 11.9 Å². The molecule has 27 heavy (non-hydrogen) atoms. The molecule has 0 radical (unpaired) electrons. The zero-order valence-electron chi connectivity index (χ0n) is 14.1. The van der Waals surface area contributed by atoms with Crippen molar-refractivity contribution in [3.05, 3.63) is 77.2 Å². The minimum Gasteiger partial charge on any atom is -0.387 e. The van der Waals surface area contributed by atoms with Gasteiger partial charge in [-0.3, -0.25) is 0 Å². The van der Waals surface area contributed by atoms with Gasteiger partial charge >= 0.3 is 0 Å². The minimum atomic E-state index is -1.01. The molecule has 0 saturated heterocycles. The number of benzene rings is 2. The van der Waals surface area contributed by atoms with Gasteiger partial charge < -0.3 is 10.4 Å². The molecule has 0 saturated carbocycles. The van der Waals surface area contributed by atoms with Crippen LogP contribution in [0.15, 0.2) is 60.0 Å². The van der Waals surface area contributed by atoms with Crippen LogP contribution in [0.1, 0.15) is 11.7 Å². The zero-order valence-corrected chi connectivity index (χ0v) is 14.9. The van der Waals surface area contributed by atoms with E-state index in [1.54, 1.807) is 0 Å². The Morgan fingerprint density at radius 3 is 2.63 bits per heavy atom. The van der Waals surface area contributed by atoms with E-state index in [1.807, 2.05) is 41.8 Å². The molecule has 0 aliphatic rings. The summed E-state index contributed by atoms with van der Waals surface area (Å²) in [6.07, 6.45) is -1.01. The third-order valence-electron chi connectivity index (χ3n) is 4.14. The van der Waals surface area contributed by atoms with Gasteiger partial charge in [0.2, 0.25) is 0 Å². The molecule has 0 amide bonds. The van der Waals surface area contributed by atoms with Crippen molar-refractivity contribution < 1.29 is 13.9 Å². The molecule has 1 atom stereocenters. The highest BCUT2D eigenvalue weighted by Crippen LogP contribution is 2.28. The average Bonchev–Trinajstić information content (AvgIpc) is 3.22. The summed E-state index contributed by atoms with van der Waals surface area (Å²) in [6, 6.07) is 14.8. The number of aromatic nitrogens is 2. The van der Waals surface area contributed by atoms with E-state index in [4.69, 9.17) is 0 Å². The third-order valence-corrected chi connectivity index (χ3v) is 5.00. The minimum absolute atomic E-state index is 0.0932. The first-order valence-corrected chi connectivity index (χ1v) is 9.17. The standard InChI is InChI=1S/C20H15F2N3OS/c21-14-8-7-12(10-15(14)22)17(26)11-23-19-13-4-1-2-5-16(13)24-20(25-19)18-6-3-9-27-18/h1-10,17,26H,11H2,(H,23,24,25)/t17-/m0/s1. The first kappa shape index (κ1) is 17.5. The van der Waals surface area contributed by atoms with E-state index in [9.17, 15) is 13.9 Å². The first-order valence-electron chi connectivity index (χ1n) is 8.29. The van der Waals surface area contributed by atoms with E-state index >= 15 is 0 Å². The van der Waals surface area contributed by atoms with Gasteiger partial charge in [-0.25, -0.2) is 18.7 Å². The summed E-state index contributed by atoms with van der Waals surface area (Å²) in [4.78, 5) is 10.1. The Morgan fingerprint density at radius 1 is 1.00 bits per heavy atom. The number of anilines is 1. The quantitative estimate of drug-likeness (QED) is 0.521. The number of aliphatic hydroxyl groups excluding tert-OH is 1. The van der Waals surface area contributed by atoms with Crippen LogP contribution in [0.4, 0.5) is 14.6 Å². The van der Waals surface area contributed by atoms with Crippen LogP contribution in [0, 0.1) is 11.6 Å². The van der Waals surface area contributed by atoms with E-state index < -0.39 is 17.7 Å². The van der Waals surface area contributed by atoms with E-state index in [0.717, 1.165) is 27.9 Å². The lowest BCUT2D eigenvalue weighted by molar-refractivity contribution is 0.191. The summed E-state index contributed by atoms with van der Waals surface area (Å²) in [5.74, 6) is -0.764. The van der Waals surface area contributed by atoms with Gasteiger partial charge in [0.25, 0.3) is 0 Å². The number of halogens is 2. The molecule has 0 unspecified atom stereocenters. The number of hydrogen-bond acceptors (Lipinski definition) is 5. The fraction of sp³-hybridized carbons (Fsp3) is 0.100. The molecule has 2 heterocycles. The number of para-hydroxylation sites is 1. The summed E-state index contributed by atoms with van der Waals surface area (Å²) < 4.78 is 26.5. The van der Waals surface area contributed by atoms with Crippen LogP contribution < -0.4 is 5.32 Å². The molecule has 0 aliphatic heterocycles.